The van der Waals surface area contributed by atoms with Crippen molar-refractivity contribution in [2.45, 2.75) is 6.54 Å². The Bertz CT molecular complexity index is 897. The van der Waals surface area contributed by atoms with Gasteiger partial charge in [-0.2, -0.15) is 4.80 Å². The number of rotatable bonds is 5. The molecule has 3 aromatic rings. The maximum Gasteiger partial charge on any atom is 0.206 e. The number of methoxy groups -OCH3 is 1. The van der Waals surface area contributed by atoms with Gasteiger partial charge in [0.1, 0.15) is 18.1 Å². The van der Waals surface area contributed by atoms with Crippen LogP contribution in [-0.2, 0) is 6.54 Å². The van der Waals surface area contributed by atoms with Gasteiger partial charge in [-0.25, -0.2) is 4.39 Å². The first-order valence-corrected chi connectivity index (χ1v) is 7.77. The van der Waals surface area contributed by atoms with E-state index in [1.54, 1.807) is 0 Å². The molecule has 0 fully saturated rings. The van der Waals surface area contributed by atoms with E-state index in [-0.39, 0.29) is 17.9 Å². The summed E-state index contributed by atoms with van der Waals surface area (Å²) in [5.74, 6) is -0.198. The summed E-state index contributed by atoms with van der Waals surface area (Å²) >= 11 is 3.41. The lowest BCUT2D eigenvalue weighted by Crippen LogP contribution is -2.14. The molecule has 0 atom stereocenters. The molecule has 0 spiro atoms. The van der Waals surface area contributed by atoms with E-state index >= 15 is 0 Å². The molecule has 2 aromatic carbocycles. The monoisotopic (exact) mass is 390 g/mol. The second-order valence-corrected chi connectivity index (χ2v) is 5.75. The van der Waals surface area contributed by atoms with Crippen molar-refractivity contribution < 1.29 is 13.9 Å². The van der Waals surface area contributed by atoms with Crippen LogP contribution in [0.4, 0.5) is 4.39 Å². The van der Waals surface area contributed by atoms with Crippen LogP contribution in [0.3, 0.4) is 0 Å². The molecule has 8 heteroatoms. The molecule has 0 N–H and O–H groups in total. The van der Waals surface area contributed by atoms with Crippen molar-refractivity contribution in [3.8, 4) is 17.1 Å². The summed E-state index contributed by atoms with van der Waals surface area (Å²) in [5.41, 5.74) is 0.900. The van der Waals surface area contributed by atoms with Crippen LogP contribution < -0.4 is 4.74 Å². The van der Waals surface area contributed by atoms with Gasteiger partial charge >= 0.3 is 0 Å². The molecule has 0 unspecified atom stereocenters. The third-order valence-corrected chi connectivity index (χ3v) is 4.01. The maximum atomic E-state index is 13.4. The first kappa shape index (κ1) is 16.3. The van der Waals surface area contributed by atoms with Crippen molar-refractivity contribution in [2.24, 2.45) is 0 Å². The first-order valence-electron chi connectivity index (χ1n) is 6.98. The van der Waals surface area contributed by atoms with Crippen molar-refractivity contribution in [1.29, 1.82) is 0 Å². The van der Waals surface area contributed by atoms with Gasteiger partial charge in [0.2, 0.25) is 5.82 Å². The third-order valence-electron chi connectivity index (χ3n) is 3.31. The Morgan fingerprint density at radius 2 is 2.08 bits per heavy atom. The SMILES string of the molecule is COc1ccc(F)cc1C(=O)Cn1nnc(-c2ccccc2Br)n1. The Kier molecular flexibility index (Phi) is 4.66. The summed E-state index contributed by atoms with van der Waals surface area (Å²) < 4.78 is 19.3. The molecular formula is C16H12BrFN4O2. The molecule has 3 rings (SSSR count). The summed E-state index contributed by atoms with van der Waals surface area (Å²) in [5, 5.41) is 12.0. The van der Waals surface area contributed by atoms with E-state index in [0.29, 0.717) is 11.6 Å². The summed E-state index contributed by atoms with van der Waals surface area (Å²) in [6, 6.07) is 11.2. The number of Topliss-reactive ketones (excluding diaryl/α,β-unsaturated/α-hetero) is 1. The van der Waals surface area contributed by atoms with Gasteiger partial charge in [-0.3, -0.25) is 4.79 Å². The topological polar surface area (TPSA) is 69.9 Å². The van der Waals surface area contributed by atoms with Crippen LogP contribution in [0.2, 0.25) is 0 Å². The van der Waals surface area contributed by atoms with Gasteiger partial charge in [-0.05, 0) is 35.5 Å². The Labute approximate surface area is 145 Å². The fourth-order valence-corrected chi connectivity index (χ4v) is 2.63. The number of carbonyl (C=O) groups is 1. The minimum Gasteiger partial charge on any atom is -0.496 e. The van der Waals surface area contributed by atoms with Gasteiger partial charge in [0.05, 0.1) is 12.7 Å². The molecule has 0 bridgehead atoms. The average molecular weight is 391 g/mol. The van der Waals surface area contributed by atoms with Crippen molar-refractivity contribution in [3.05, 3.63) is 58.3 Å². The summed E-state index contributed by atoms with van der Waals surface area (Å²) in [6.45, 7) is -0.169. The number of ketones is 1. The molecule has 24 heavy (non-hydrogen) atoms. The minimum absolute atomic E-state index is 0.136. The second kappa shape index (κ2) is 6.88. The average Bonchev–Trinajstić information content (AvgIpc) is 3.03. The summed E-state index contributed by atoms with van der Waals surface area (Å²) in [6.07, 6.45) is 0. The molecule has 0 saturated carbocycles. The fourth-order valence-electron chi connectivity index (χ4n) is 2.17. The van der Waals surface area contributed by atoms with Crippen LogP contribution in [0, 0.1) is 5.82 Å². The van der Waals surface area contributed by atoms with Gasteiger partial charge in [-0.1, -0.05) is 28.1 Å². The lowest BCUT2D eigenvalue weighted by atomic mass is 10.1. The predicted octanol–water partition coefficient (Wildman–Crippen LogP) is 3.13. The molecule has 1 aromatic heterocycles. The molecule has 0 amide bonds. The van der Waals surface area contributed by atoms with Crippen molar-refractivity contribution in [1.82, 2.24) is 20.2 Å². The number of aromatic nitrogens is 4. The van der Waals surface area contributed by atoms with E-state index in [1.165, 1.54) is 24.0 Å². The Balaban J connectivity index is 1.84. The number of tetrazole rings is 1. The Morgan fingerprint density at radius 3 is 2.83 bits per heavy atom. The molecule has 0 radical (unpaired) electrons. The van der Waals surface area contributed by atoms with Gasteiger partial charge in [-0.15, -0.1) is 10.2 Å². The zero-order valence-electron chi connectivity index (χ0n) is 12.6. The largest absolute Gasteiger partial charge is 0.496 e. The van der Waals surface area contributed by atoms with E-state index in [4.69, 9.17) is 4.74 Å². The van der Waals surface area contributed by atoms with Crippen LogP contribution in [0.15, 0.2) is 46.9 Å². The minimum atomic E-state index is -0.514. The van der Waals surface area contributed by atoms with Crippen molar-refractivity contribution in [2.75, 3.05) is 7.11 Å². The van der Waals surface area contributed by atoms with Crippen LogP contribution >= 0.6 is 15.9 Å². The second-order valence-electron chi connectivity index (χ2n) is 4.89. The zero-order chi connectivity index (χ0) is 17.1. The third kappa shape index (κ3) is 3.33. The highest BCUT2D eigenvalue weighted by atomic mass is 79.9. The van der Waals surface area contributed by atoms with Gasteiger partial charge in [0.15, 0.2) is 5.78 Å². The van der Waals surface area contributed by atoms with Crippen LogP contribution in [0.25, 0.3) is 11.4 Å². The highest BCUT2D eigenvalue weighted by Crippen LogP contribution is 2.24. The van der Waals surface area contributed by atoms with Gasteiger partial charge in [0.25, 0.3) is 0 Å². The molecular weight excluding hydrogens is 379 g/mol. The number of carbonyl (C=O) groups excluding carboxylic acids is 1. The first-order chi connectivity index (χ1) is 11.6. The maximum absolute atomic E-state index is 13.4. The van der Waals surface area contributed by atoms with E-state index in [1.807, 2.05) is 24.3 Å². The summed E-state index contributed by atoms with van der Waals surface area (Å²) in [7, 11) is 1.42. The number of ether oxygens (including phenoxy) is 1. The van der Waals surface area contributed by atoms with E-state index in [0.717, 1.165) is 16.1 Å². The highest BCUT2D eigenvalue weighted by molar-refractivity contribution is 9.10. The molecule has 0 aliphatic heterocycles. The predicted molar refractivity (Wildman–Crippen MR) is 88.2 cm³/mol. The Hall–Kier alpha value is -2.61. The number of hydrogen-bond donors (Lipinski definition) is 0. The number of halogens is 2. The molecule has 122 valence electrons. The van der Waals surface area contributed by atoms with E-state index in [2.05, 4.69) is 31.3 Å². The van der Waals surface area contributed by atoms with Crippen LogP contribution in [0.5, 0.6) is 5.75 Å². The normalized spacial score (nSPS) is 10.6. The van der Waals surface area contributed by atoms with E-state index < -0.39 is 5.82 Å². The molecule has 0 aliphatic rings. The lowest BCUT2D eigenvalue weighted by molar-refractivity contribution is 0.0958. The molecule has 0 saturated heterocycles. The van der Waals surface area contributed by atoms with Gasteiger partial charge in [0, 0.05) is 10.0 Å². The van der Waals surface area contributed by atoms with Crippen LogP contribution in [-0.4, -0.2) is 33.1 Å². The number of nitrogens with zero attached hydrogens (tertiary/aromatic N) is 4. The molecule has 0 aliphatic carbocycles. The highest BCUT2D eigenvalue weighted by Gasteiger charge is 2.16. The molecule has 1 heterocycles. The number of benzene rings is 2. The van der Waals surface area contributed by atoms with Gasteiger partial charge < -0.3 is 4.74 Å². The summed E-state index contributed by atoms with van der Waals surface area (Å²) in [4.78, 5) is 13.5. The van der Waals surface area contributed by atoms with Crippen molar-refractivity contribution >= 4 is 21.7 Å². The number of hydrogen-bond acceptors (Lipinski definition) is 5. The Morgan fingerprint density at radius 1 is 1.29 bits per heavy atom. The van der Waals surface area contributed by atoms with E-state index in [9.17, 15) is 9.18 Å². The smallest absolute Gasteiger partial charge is 0.206 e. The molecule has 6 nitrogen and oxygen atoms in total. The lowest BCUT2D eigenvalue weighted by Gasteiger charge is -2.07. The van der Waals surface area contributed by atoms with Crippen molar-refractivity contribution in [3.63, 3.8) is 0 Å². The standard InChI is InChI=1S/C16H12BrFN4O2/c1-24-15-7-6-10(18)8-12(15)14(23)9-22-20-16(19-21-22)11-4-2-3-5-13(11)17/h2-8H,9H2,1H3. The quantitative estimate of drug-likeness (QED) is 0.625. The van der Waals surface area contributed by atoms with Crippen LogP contribution in [0.1, 0.15) is 10.4 Å². The fraction of sp³-hybridized carbons (Fsp3) is 0.125. The zero-order valence-corrected chi connectivity index (χ0v) is 14.2.